The second-order valence-electron chi connectivity index (χ2n) is 7.12. The summed E-state index contributed by atoms with van der Waals surface area (Å²) >= 11 is 1.26. The third-order valence-electron chi connectivity index (χ3n) is 4.41. The number of nitrogens with zero attached hydrogens (tertiary/aromatic N) is 2. The highest BCUT2D eigenvalue weighted by atomic mass is 32.2. The fraction of sp³-hybridized carbons (Fsp3) is 0.318. The Balaban J connectivity index is 2.10. The van der Waals surface area contributed by atoms with Gasteiger partial charge < -0.3 is 10.1 Å². The summed E-state index contributed by atoms with van der Waals surface area (Å²) in [6, 6.07) is 14.5. The minimum atomic E-state index is -0.414. The van der Waals surface area contributed by atoms with Crippen LogP contribution in [0.3, 0.4) is 0 Å². The minimum Gasteiger partial charge on any atom is -0.495 e. The molecule has 1 N–H and O–H groups in total. The number of amides is 1. The first-order valence-electron chi connectivity index (χ1n) is 9.52. The van der Waals surface area contributed by atoms with Crippen LogP contribution in [0.4, 0.5) is 0 Å². The van der Waals surface area contributed by atoms with Crippen molar-refractivity contribution in [2.75, 3.05) is 13.7 Å². The van der Waals surface area contributed by atoms with E-state index >= 15 is 0 Å². The first-order valence-corrected chi connectivity index (χ1v) is 10.4. The van der Waals surface area contributed by atoms with Crippen molar-refractivity contribution in [1.82, 2.24) is 14.9 Å². The number of para-hydroxylation sites is 3. The maximum atomic E-state index is 13.3. The summed E-state index contributed by atoms with van der Waals surface area (Å²) in [7, 11) is 1.56. The molecule has 1 atom stereocenters. The molecule has 29 heavy (non-hydrogen) atoms. The molecule has 3 aromatic rings. The third-order valence-corrected chi connectivity index (χ3v) is 5.46. The highest BCUT2D eigenvalue weighted by molar-refractivity contribution is 8.00. The summed E-state index contributed by atoms with van der Waals surface area (Å²) in [6.45, 7) is 6.51. The Labute approximate surface area is 174 Å². The molecule has 1 aromatic heterocycles. The van der Waals surface area contributed by atoms with Crippen LogP contribution < -0.4 is 15.6 Å². The quantitative estimate of drug-likeness (QED) is 0.475. The number of aromatic nitrogens is 2. The lowest BCUT2D eigenvalue weighted by Gasteiger charge is -2.18. The van der Waals surface area contributed by atoms with Crippen molar-refractivity contribution in [3.05, 3.63) is 58.9 Å². The van der Waals surface area contributed by atoms with Crippen LogP contribution in [-0.4, -0.2) is 34.4 Å². The lowest BCUT2D eigenvalue weighted by Crippen LogP contribution is -2.34. The Morgan fingerprint density at radius 1 is 1.14 bits per heavy atom. The van der Waals surface area contributed by atoms with Gasteiger partial charge >= 0.3 is 0 Å². The van der Waals surface area contributed by atoms with Crippen molar-refractivity contribution in [2.24, 2.45) is 5.92 Å². The second kappa shape index (κ2) is 9.13. The van der Waals surface area contributed by atoms with Gasteiger partial charge in [-0.25, -0.2) is 4.98 Å². The van der Waals surface area contributed by atoms with Gasteiger partial charge in [-0.05, 0) is 37.1 Å². The molecule has 7 heteroatoms. The number of nitrogens with one attached hydrogen (secondary N) is 1. The molecule has 6 nitrogen and oxygen atoms in total. The van der Waals surface area contributed by atoms with Gasteiger partial charge in [0.25, 0.3) is 5.56 Å². The van der Waals surface area contributed by atoms with E-state index in [0.717, 1.165) is 0 Å². The van der Waals surface area contributed by atoms with Gasteiger partial charge in [0.1, 0.15) is 5.75 Å². The van der Waals surface area contributed by atoms with Gasteiger partial charge in [0.05, 0.1) is 29.0 Å². The average Bonchev–Trinajstić information content (AvgIpc) is 2.72. The summed E-state index contributed by atoms with van der Waals surface area (Å²) in [5, 5.41) is 3.48. The standard InChI is InChI=1S/C22H25N3O3S/c1-14(2)13-23-20(26)15(3)29-22-24-17-10-6-5-9-16(17)21(27)25(22)18-11-7-8-12-19(18)28-4/h5-12,14-15H,13H2,1-4H3,(H,23,26)/t15-/m0/s1. The van der Waals surface area contributed by atoms with Crippen LogP contribution in [0.15, 0.2) is 58.5 Å². The number of fused-ring (bicyclic) bond motifs is 1. The van der Waals surface area contributed by atoms with Gasteiger partial charge in [0, 0.05) is 6.54 Å². The molecule has 1 amide bonds. The Hall–Kier alpha value is -2.80. The molecule has 0 bridgehead atoms. The Morgan fingerprint density at radius 3 is 2.55 bits per heavy atom. The summed E-state index contributed by atoms with van der Waals surface area (Å²) in [6.07, 6.45) is 0. The molecular formula is C22H25N3O3S. The normalized spacial score (nSPS) is 12.2. The van der Waals surface area contributed by atoms with E-state index in [1.807, 2.05) is 51.1 Å². The number of carbonyl (C=O) groups excluding carboxylic acids is 1. The van der Waals surface area contributed by atoms with Gasteiger partial charge in [0.15, 0.2) is 5.16 Å². The molecule has 152 valence electrons. The molecule has 0 aliphatic heterocycles. The predicted octanol–water partition coefficient (Wildman–Crippen LogP) is 3.65. The molecule has 0 unspecified atom stereocenters. The number of carbonyl (C=O) groups is 1. The van der Waals surface area contributed by atoms with Gasteiger partial charge in [-0.2, -0.15) is 0 Å². The van der Waals surface area contributed by atoms with E-state index < -0.39 is 5.25 Å². The highest BCUT2D eigenvalue weighted by Gasteiger charge is 2.21. The monoisotopic (exact) mass is 411 g/mol. The SMILES string of the molecule is COc1ccccc1-n1c(S[C@@H](C)C(=O)NCC(C)C)nc2ccccc2c1=O. The second-order valence-corrected chi connectivity index (χ2v) is 8.43. The Kier molecular flexibility index (Phi) is 6.59. The topological polar surface area (TPSA) is 73.2 Å². The van der Waals surface area contributed by atoms with E-state index in [9.17, 15) is 9.59 Å². The van der Waals surface area contributed by atoms with Crippen LogP contribution in [0.1, 0.15) is 20.8 Å². The van der Waals surface area contributed by atoms with Gasteiger partial charge in [0.2, 0.25) is 5.91 Å². The molecule has 0 saturated heterocycles. The van der Waals surface area contributed by atoms with Crippen molar-refractivity contribution < 1.29 is 9.53 Å². The number of ether oxygens (including phenoxy) is 1. The fourth-order valence-corrected chi connectivity index (χ4v) is 3.82. The number of methoxy groups -OCH3 is 1. The number of benzene rings is 2. The molecule has 0 radical (unpaired) electrons. The van der Waals surface area contributed by atoms with Crippen molar-refractivity contribution in [2.45, 2.75) is 31.2 Å². The van der Waals surface area contributed by atoms with E-state index in [4.69, 9.17) is 9.72 Å². The molecule has 3 rings (SSSR count). The Bertz CT molecular complexity index is 1080. The number of hydrogen-bond acceptors (Lipinski definition) is 5. The van der Waals surface area contributed by atoms with Crippen LogP contribution in [-0.2, 0) is 4.79 Å². The van der Waals surface area contributed by atoms with Crippen molar-refractivity contribution in [1.29, 1.82) is 0 Å². The van der Waals surface area contributed by atoms with E-state index in [1.54, 1.807) is 25.3 Å². The number of thioether (sulfide) groups is 1. The third kappa shape index (κ3) is 4.62. The minimum absolute atomic E-state index is 0.0855. The Morgan fingerprint density at radius 2 is 1.83 bits per heavy atom. The van der Waals surface area contributed by atoms with E-state index in [1.165, 1.54) is 16.3 Å². The molecule has 0 saturated carbocycles. The lowest BCUT2D eigenvalue weighted by atomic mass is 10.2. The fourth-order valence-electron chi connectivity index (χ4n) is 2.88. The van der Waals surface area contributed by atoms with E-state index in [-0.39, 0.29) is 11.5 Å². The first-order chi connectivity index (χ1) is 13.9. The van der Waals surface area contributed by atoms with Crippen molar-refractivity contribution in [3.63, 3.8) is 0 Å². The van der Waals surface area contributed by atoms with Crippen LogP contribution in [0.2, 0.25) is 0 Å². The largest absolute Gasteiger partial charge is 0.495 e. The van der Waals surface area contributed by atoms with E-state index in [2.05, 4.69) is 5.32 Å². The summed E-state index contributed by atoms with van der Waals surface area (Å²) < 4.78 is 6.99. The molecule has 2 aromatic carbocycles. The molecular weight excluding hydrogens is 386 g/mol. The van der Waals surface area contributed by atoms with Crippen molar-refractivity contribution >= 4 is 28.6 Å². The van der Waals surface area contributed by atoms with Crippen LogP contribution in [0.25, 0.3) is 16.6 Å². The summed E-state index contributed by atoms with van der Waals surface area (Å²) in [4.78, 5) is 30.5. The van der Waals surface area contributed by atoms with E-state index in [0.29, 0.717) is 40.0 Å². The maximum absolute atomic E-state index is 13.3. The maximum Gasteiger partial charge on any atom is 0.266 e. The highest BCUT2D eigenvalue weighted by Crippen LogP contribution is 2.29. The molecule has 0 fully saturated rings. The lowest BCUT2D eigenvalue weighted by molar-refractivity contribution is -0.120. The summed E-state index contributed by atoms with van der Waals surface area (Å²) in [5.74, 6) is 0.838. The zero-order valence-electron chi connectivity index (χ0n) is 17.0. The molecule has 0 spiro atoms. The zero-order chi connectivity index (χ0) is 21.0. The molecule has 1 heterocycles. The van der Waals surface area contributed by atoms with Crippen LogP contribution >= 0.6 is 11.8 Å². The molecule has 0 aliphatic rings. The zero-order valence-corrected chi connectivity index (χ0v) is 17.8. The molecule has 0 aliphatic carbocycles. The van der Waals surface area contributed by atoms with Crippen LogP contribution in [0.5, 0.6) is 5.75 Å². The van der Waals surface area contributed by atoms with Gasteiger partial charge in [-0.15, -0.1) is 0 Å². The number of rotatable bonds is 7. The average molecular weight is 412 g/mol. The first kappa shape index (κ1) is 20.9. The van der Waals surface area contributed by atoms with Gasteiger partial charge in [-0.3, -0.25) is 14.2 Å². The predicted molar refractivity (Wildman–Crippen MR) is 117 cm³/mol. The number of hydrogen-bond donors (Lipinski definition) is 1. The van der Waals surface area contributed by atoms with Gasteiger partial charge in [-0.1, -0.05) is 49.9 Å². The van der Waals surface area contributed by atoms with Crippen LogP contribution in [0, 0.1) is 5.92 Å². The van der Waals surface area contributed by atoms with Crippen molar-refractivity contribution in [3.8, 4) is 11.4 Å². The summed E-state index contributed by atoms with van der Waals surface area (Å²) in [5.41, 5.74) is 0.994. The smallest absolute Gasteiger partial charge is 0.266 e.